The van der Waals surface area contributed by atoms with Gasteiger partial charge >= 0.3 is 0 Å². The third-order valence-electron chi connectivity index (χ3n) is 4.71. The highest BCUT2D eigenvalue weighted by Gasteiger charge is 2.33. The maximum Gasteiger partial charge on any atom is 0.254 e. The summed E-state index contributed by atoms with van der Waals surface area (Å²) in [6, 6.07) is 1.38. The van der Waals surface area contributed by atoms with Gasteiger partial charge in [0.05, 0.1) is 5.56 Å². The molecule has 0 aromatic carbocycles. The van der Waals surface area contributed by atoms with Crippen LogP contribution < -0.4 is 5.14 Å². The molecule has 1 aliphatic heterocycles. The van der Waals surface area contributed by atoms with Crippen molar-refractivity contribution in [1.29, 1.82) is 0 Å². The zero-order valence-corrected chi connectivity index (χ0v) is 14.1. The van der Waals surface area contributed by atoms with Gasteiger partial charge in [-0.1, -0.05) is 26.7 Å². The predicted octanol–water partition coefficient (Wildman–Crippen LogP) is 2.44. The molecule has 0 spiro atoms. The molecule has 118 valence electrons. The first-order chi connectivity index (χ1) is 9.81. The van der Waals surface area contributed by atoms with E-state index in [-0.39, 0.29) is 10.1 Å². The van der Waals surface area contributed by atoms with Gasteiger partial charge in [-0.2, -0.15) is 0 Å². The first-order valence-corrected chi connectivity index (χ1v) is 9.64. The number of rotatable bonds is 4. The number of piperidine rings is 1. The van der Waals surface area contributed by atoms with Gasteiger partial charge in [-0.25, -0.2) is 13.6 Å². The summed E-state index contributed by atoms with van der Waals surface area (Å²) in [5.41, 5.74) is 0.779. The Morgan fingerprint density at radius 1 is 1.33 bits per heavy atom. The molecule has 2 N–H and O–H groups in total. The Bertz CT molecular complexity index is 608. The molecular formula is C14H22N2O3S2. The van der Waals surface area contributed by atoms with E-state index in [2.05, 4.69) is 13.8 Å². The van der Waals surface area contributed by atoms with Crippen LogP contribution in [0.15, 0.2) is 15.7 Å². The van der Waals surface area contributed by atoms with Crippen LogP contribution in [0.4, 0.5) is 0 Å². The van der Waals surface area contributed by atoms with Crippen LogP contribution in [0.2, 0.25) is 0 Å². The molecule has 1 saturated heterocycles. The summed E-state index contributed by atoms with van der Waals surface area (Å²) in [4.78, 5) is 14.2. The molecule has 0 unspecified atom stereocenters. The van der Waals surface area contributed by atoms with E-state index in [1.54, 1.807) is 5.38 Å². The summed E-state index contributed by atoms with van der Waals surface area (Å²) >= 11 is 0.997. The van der Waals surface area contributed by atoms with E-state index < -0.39 is 10.0 Å². The minimum absolute atomic E-state index is 0.0410. The minimum Gasteiger partial charge on any atom is -0.339 e. The molecule has 1 aromatic heterocycles. The van der Waals surface area contributed by atoms with Crippen molar-refractivity contribution in [3.8, 4) is 0 Å². The minimum atomic E-state index is -3.72. The van der Waals surface area contributed by atoms with Gasteiger partial charge in [0.2, 0.25) is 10.0 Å². The molecule has 0 bridgehead atoms. The van der Waals surface area contributed by atoms with Crippen LogP contribution in [0.25, 0.3) is 0 Å². The summed E-state index contributed by atoms with van der Waals surface area (Å²) < 4.78 is 22.6. The monoisotopic (exact) mass is 330 g/mol. The fourth-order valence-electron chi connectivity index (χ4n) is 2.90. The second kappa shape index (κ2) is 6.06. The van der Waals surface area contributed by atoms with Crippen LogP contribution >= 0.6 is 11.3 Å². The SMILES string of the molecule is CCC1(CC)CCN(C(=O)c2csc(S(N)(=O)=O)c2)CC1. The Labute approximate surface area is 130 Å². The van der Waals surface area contributed by atoms with E-state index in [1.807, 2.05) is 4.90 Å². The molecular weight excluding hydrogens is 308 g/mol. The molecule has 7 heteroatoms. The smallest absolute Gasteiger partial charge is 0.254 e. The van der Waals surface area contributed by atoms with Gasteiger partial charge in [0.25, 0.3) is 5.91 Å². The predicted molar refractivity (Wildman–Crippen MR) is 83.8 cm³/mol. The highest BCUT2D eigenvalue weighted by atomic mass is 32.2. The summed E-state index contributed by atoms with van der Waals surface area (Å²) in [5.74, 6) is -0.0954. The highest BCUT2D eigenvalue weighted by molar-refractivity contribution is 7.91. The molecule has 1 aliphatic rings. The first-order valence-electron chi connectivity index (χ1n) is 7.22. The van der Waals surface area contributed by atoms with E-state index in [0.717, 1.165) is 50.1 Å². The third kappa shape index (κ3) is 3.46. The molecule has 1 amide bonds. The van der Waals surface area contributed by atoms with Gasteiger partial charge in [-0.05, 0) is 24.3 Å². The molecule has 21 heavy (non-hydrogen) atoms. The van der Waals surface area contributed by atoms with Crippen LogP contribution in [0.3, 0.4) is 0 Å². The van der Waals surface area contributed by atoms with Gasteiger partial charge < -0.3 is 4.90 Å². The average Bonchev–Trinajstić information content (AvgIpc) is 2.96. The second-order valence-corrected chi connectivity index (χ2v) is 8.40. The summed E-state index contributed by atoms with van der Waals surface area (Å²) in [6.45, 7) is 5.89. The number of nitrogens with two attached hydrogens (primary N) is 1. The molecule has 5 nitrogen and oxygen atoms in total. The number of thiophene rings is 1. The standard InChI is InChI=1S/C14H22N2O3S2/c1-3-14(4-2)5-7-16(8-6-14)13(17)11-9-12(20-10-11)21(15,18)19/h9-10H,3-8H2,1-2H3,(H2,15,18,19). The largest absolute Gasteiger partial charge is 0.339 e. The van der Waals surface area contributed by atoms with Crippen LogP contribution in [-0.2, 0) is 10.0 Å². The Kier molecular flexibility index (Phi) is 4.75. The maximum atomic E-state index is 12.4. The zero-order chi connectivity index (χ0) is 15.7. The number of hydrogen-bond acceptors (Lipinski definition) is 4. The van der Waals surface area contributed by atoms with Crippen molar-refractivity contribution in [1.82, 2.24) is 4.90 Å². The number of likely N-dealkylation sites (tertiary alicyclic amines) is 1. The van der Waals surface area contributed by atoms with Gasteiger partial charge in [0.15, 0.2) is 0 Å². The van der Waals surface area contributed by atoms with Crippen LogP contribution in [0, 0.1) is 5.41 Å². The van der Waals surface area contributed by atoms with Crippen molar-refractivity contribution >= 4 is 27.3 Å². The number of primary sulfonamides is 1. The van der Waals surface area contributed by atoms with E-state index in [1.165, 1.54) is 6.07 Å². The maximum absolute atomic E-state index is 12.4. The van der Waals surface area contributed by atoms with Gasteiger partial charge in [0.1, 0.15) is 4.21 Å². The van der Waals surface area contributed by atoms with Gasteiger partial charge in [-0.3, -0.25) is 4.79 Å². The molecule has 1 fully saturated rings. The normalized spacial score (nSPS) is 18.7. The fraction of sp³-hybridized carbons (Fsp3) is 0.643. The lowest BCUT2D eigenvalue weighted by atomic mass is 9.74. The zero-order valence-electron chi connectivity index (χ0n) is 12.5. The molecule has 1 aromatic rings. The van der Waals surface area contributed by atoms with Crippen molar-refractivity contribution in [3.05, 3.63) is 17.0 Å². The van der Waals surface area contributed by atoms with Crippen molar-refractivity contribution in [2.45, 2.75) is 43.7 Å². The lowest BCUT2D eigenvalue weighted by molar-refractivity contribution is 0.0558. The number of nitrogens with zero attached hydrogens (tertiary/aromatic N) is 1. The molecule has 0 radical (unpaired) electrons. The number of carbonyl (C=O) groups is 1. The van der Waals surface area contributed by atoms with E-state index in [4.69, 9.17) is 5.14 Å². The van der Waals surface area contributed by atoms with Crippen molar-refractivity contribution in [2.24, 2.45) is 10.6 Å². The Hall–Kier alpha value is -0.920. The lowest BCUT2D eigenvalue weighted by Gasteiger charge is -2.41. The van der Waals surface area contributed by atoms with Crippen molar-refractivity contribution in [3.63, 3.8) is 0 Å². The van der Waals surface area contributed by atoms with E-state index >= 15 is 0 Å². The average molecular weight is 330 g/mol. The molecule has 0 saturated carbocycles. The second-order valence-electron chi connectivity index (χ2n) is 5.70. The molecule has 2 heterocycles. The van der Waals surface area contributed by atoms with Crippen LogP contribution in [-0.4, -0.2) is 32.3 Å². The van der Waals surface area contributed by atoms with Crippen molar-refractivity contribution < 1.29 is 13.2 Å². The molecule has 2 rings (SSSR count). The van der Waals surface area contributed by atoms with Crippen LogP contribution in [0.1, 0.15) is 49.9 Å². The number of carbonyl (C=O) groups excluding carboxylic acids is 1. The van der Waals surface area contributed by atoms with E-state index in [0.29, 0.717) is 11.0 Å². The number of hydrogen-bond donors (Lipinski definition) is 1. The van der Waals surface area contributed by atoms with Crippen LogP contribution in [0.5, 0.6) is 0 Å². The number of amides is 1. The quantitative estimate of drug-likeness (QED) is 0.920. The summed E-state index contributed by atoms with van der Waals surface area (Å²) in [7, 11) is -3.72. The Balaban J connectivity index is 2.07. The van der Waals surface area contributed by atoms with Crippen molar-refractivity contribution in [2.75, 3.05) is 13.1 Å². The third-order valence-corrected chi connectivity index (χ3v) is 7.10. The highest BCUT2D eigenvalue weighted by Crippen LogP contribution is 2.38. The van der Waals surface area contributed by atoms with Gasteiger partial charge in [0, 0.05) is 18.5 Å². The summed E-state index contributed by atoms with van der Waals surface area (Å²) in [6.07, 6.45) is 4.30. The Morgan fingerprint density at radius 3 is 2.33 bits per heavy atom. The molecule has 0 aliphatic carbocycles. The number of sulfonamides is 1. The lowest BCUT2D eigenvalue weighted by Crippen LogP contribution is -2.42. The topological polar surface area (TPSA) is 80.5 Å². The Morgan fingerprint density at radius 2 is 1.90 bits per heavy atom. The summed E-state index contributed by atoms with van der Waals surface area (Å²) in [5, 5.41) is 6.65. The fourth-order valence-corrected chi connectivity index (χ4v) is 4.48. The first kappa shape index (κ1) is 16.5. The van der Waals surface area contributed by atoms with Gasteiger partial charge in [-0.15, -0.1) is 11.3 Å². The molecule has 0 atom stereocenters. The van der Waals surface area contributed by atoms with E-state index in [9.17, 15) is 13.2 Å².